The number of nitriles is 1. The number of hydrogen-bond acceptors (Lipinski definition) is 4. The van der Waals surface area contributed by atoms with E-state index in [-0.39, 0.29) is 11.3 Å². The summed E-state index contributed by atoms with van der Waals surface area (Å²) < 4.78 is 0. The van der Waals surface area contributed by atoms with Crippen molar-refractivity contribution in [2.75, 3.05) is 4.90 Å². The van der Waals surface area contributed by atoms with Gasteiger partial charge < -0.3 is 5.11 Å². The summed E-state index contributed by atoms with van der Waals surface area (Å²) in [5.41, 5.74) is 4.23. The average Bonchev–Trinajstić information content (AvgIpc) is 3.09. The van der Waals surface area contributed by atoms with Crippen LogP contribution < -0.4 is 4.90 Å². The van der Waals surface area contributed by atoms with E-state index in [0.717, 1.165) is 23.1 Å². The molecular weight excluding hydrogens is 400 g/mol. The molecule has 1 amide bonds. The minimum absolute atomic E-state index is 0.0536. The van der Waals surface area contributed by atoms with Crippen molar-refractivity contribution in [2.24, 2.45) is 0 Å². The number of benzene rings is 3. The number of carbonyl (C=O) groups excluding carboxylic acids is 2. The third-order valence-corrected chi connectivity index (χ3v) is 5.84. The standard InChI is InChI=1S/C27H22N2O3/c1-3-18-8-12-20(13-9-18)25(30)23-24(22-7-5-4-6-17(22)2)29(27(32)26(23)31)21-14-10-19(16-28)11-15-21/h4-15,24,30H,3H2,1-2H3/b25-23-. The number of Topliss-reactive ketones (excluding diaryl/α,β-unsaturated/α-hetero) is 1. The first-order chi connectivity index (χ1) is 15.5. The Morgan fingerprint density at radius 3 is 2.25 bits per heavy atom. The Balaban J connectivity index is 1.93. The van der Waals surface area contributed by atoms with Gasteiger partial charge in [-0.05, 0) is 54.3 Å². The van der Waals surface area contributed by atoms with Gasteiger partial charge in [-0.25, -0.2) is 0 Å². The first-order valence-electron chi connectivity index (χ1n) is 10.4. The summed E-state index contributed by atoms with van der Waals surface area (Å²) in [6.45, 7) is 3.94. The summed E-state index contributed by atoms with van der Waals surface area (Å²) >= 11 is 0. The average molecular weight is 422 g/mol. The van der Waals surface area contributed by atoms with Crippen molar-refractivity contribution >= 4 is 23.1 Å². The molecule has 3 aromatic carbocycles. The lowest BCUT2D eigenvalue weighted by Gasteiger charge is -2.26. The molecular formula is C27H22N2O3. The number of carbonyl (C=O) groups is 2. The Hall–Kier alpha value is -4.17. The Bertz CT molecular complexity index is 1270. The molecule has 3 aromatic rings. The van der Waals surface area contributed by atoms with Crippen LogP contribution in [-0.2, 0) is 16.0 Å². The first-order valence-corrected chi connectivity index (χ1v) is 10.4. The fraction of sp³-hybridized carbons (Fsp3) is 0.148. The van der Waals surface area contributed by atoms with Gasteiger partial charge in [0.15, 0.2) is 0 Å². The van der Waals surface area contributed by atoms with Crippen LogP contribution in [0.5, 0.6) is 0 Å². The molecule has 1 atom stereocenters. The molecule has 1 heterocycles. The number of aryl methyl sites for hydroxylation is 2. The lowest BCUT2D eigenvalue weighted by Crippen LogP contribution is -2.29. The smallest absolute Gasteiger partial charge is 0.300 e. The number of aliphatic hydroxyl groups is 1. The van der Waals surface area contributed by atoms with Gasteiger partial charge in [0.25, 0.3) is 11.7 Å². The van der Waals surface area contributed by atoms with Gasteiger partial charge in [-0.3, -0.25) is 14.5 Å². The van der Waals surface area contributed by atoms with E-state index < -0.39 is 17.7 Å². The fourth-order valence-electron chi connectivity index (χ4n) is 4.04. The topological polar surface area (TPSA) is 81.4 Å². The van der Waals surface area contributed by atoms with Crippen LogP contribution >= 0.6 is 0 Å². The second kappa shape index (κ2) is 8.52. The third-order valence-electron chi connectivity index (χ3n) is 5.84. The van der Waals surface area contributed by atoms with Crippen LogP contribution in [0.2, 0.25) is 0 Å². The van der Waals surface area contributed by atoms with E-state index in [1.165, 1.54) is 4.90 Å². The number of amides is 1. The summed E-state index contributed by atoms with van der Waals surface area (Å²) in [6, 6.07) is 22.6. The molecule has 0 radical (unpaired) electrons. The molecule has 0 saturated carbocycles. The molecule has 0 aliphatic carbocycles. The Labute approximate surface area is 186 Å². The van der Waals surface area contributed by atoms with Crippen LogP contribution in [0.15, 0.2) is 78.4 Å². The molecule has 1 fully saturated rings. The highest BCUT2D eigenvalue weighted by Gasteiger charge is 2.47. The van der Waals surface area contributed by atoms with E-state index >= 15 is 0 Å². The van der Waals surface area contributed by atoms with E-state index in [1.54, 1.807) is 36.4 Å². The summed E-state index contributed by atoms with van der Waals surface area (Å²) in [6.07, 6.45) is 0.854. The summed E-state index contributed by atoms with van der Waals surface area (Å²) in [4.78, 5) is 27.8. The normalized spacial score (nSPS) is 17.4. The second-order valence-corrected chi connectivity index (χ2v) is 7.73. The van der Waals surface area contributed by atoms with Gasteiger partial charge in [-0.15, -0.1) is 0 Å². The molecule has 32 heavy (non-hydrogen) atoms. The van der Waals surface area contributed by atoms with Gasteiger partial charge >= 0.3 is 0 Å². The number of hydrogen-bond donors (Lipinski definition) is 1. The highest BCUT2D eigenvalue weighted by molar-refractivity contribution is 6.51. The second-order valence-electron chi connectivity index (χ2n) is 7.73. The fourth-order valence-corrected chi connectivity index (χ4v) is 4.04. The van der Waals surface area contributed by atoms with E-state index in [0.29, 0.717) is 16.8 Å². The number of anilines is 1. The van der Waals surface area contributed by atoms with Crippen LogP contribution in [0.4, 0.5) is 5.69 Å². The minimum Gasteiger partial charge on any atom is -0.507 e. The van der Waals surface area contributed by atoms with E-state index in [4.69, 9.17) is 5.26 Å². The van der Waals surface area contributed by atoms with Gasteiger partial charge in [-0.2, -0.15) is 5.26 Å². The first kappa shape index (κ1) is 21.1. The molecule has 0 spiro atoms. The summed E-state index contributed by atoms with van der Waals surface area (Å²) in [7, 11) is 0. The maximum Gasteiger partial charge on any atom is 0.300 e. The Morgan fingerprint density at radius 2 is 1.66 bits per heavy atom. The molecule has 4 rings (SSSR count). The quantitative estimate of drug-likeness (QED) is 0.362. The molecule has 0 bridgehead atoms. The third kappa shape index (κ3) is 3.57. The van der Waals surface area contributed by atoms with Crippen molar-refractivity contribution < 1.29 is 14.7 Å². The maximum atomic E-state index is 13.2. The maximum absolute atomic E-state index is 13.2. The van der Waals surface area contributed by atoms with Crippen molar-refractivity contribution in [2.45, 2.75) is 26.3 Å². The van der Waals surface area contributed by atoms with Gasteiger partial charge in [0, 0.05) is 11.3 Å². The summed E-state index contributed by atoms with van der Waals surface area (Å²) in [5, 5.41) is 20.3. The lowest BCUT2D eigenvalue weighted by atomic mass is 9.92. The highest BCUT2D eigenvalue weighted by atomic mass is 16.3. The van der Waals surface area contributed by atoms with Crippen molar-refractivity contribution in [3.63, 3.8) is 0 Å². The van der Waals surface area contributed by atoms with Crippen LogP contribution in [0.25, 0.3) is 5.76 Å². The molecule has 1 saturated heterocycles. The van der Waals surface area contributed by atoms with Crippen molar-refractivity contribution in [3.05, 3.63) is 106 Å². The van der Waals surface area contributed by atoms with Crippen LogP contribution in [0.1, 0.15) is 40.8 Å². The molecule has 5 heteroatoms. The number of nitrogens with zero attached hydrogens (tertiary/aromatic N) is 2. The Morgan fingerprint density at radius 1 is 1.00 bits per heavy atom. The van der Waals surface area contributed by atoms with Crippen molar-refractivity contribution in [1.82, 2.24) is 0 Å². The van der Waals surface area contributed by atoms with Gasteiger partial charge in [0.2, 0.25) is 0 Å². The van der Waals surface area contributed by atoms with Crippen LogP contribution in [-0.4, -0.2) is 16.8 Å². The van der Waals surface area contributed by atoms with Crippen LogP contribution in [0, 0.1) is 18.3 Å². The lowest BCUT2D eigenvalue weighted by molar-refractivity contribution is -0.132. The minimum atomic E-state index is -0.782. The van der Waals surface area contributed by atoms with Crippen molar-refractivity contribution in [3.8, 4) is 6.07 Å². The molecule has 1 N–H and O–H groups in total. The number of aliphatic hydroxyl groups excluding tert-OH is 1. The van der Waals surface area contributed by atoms with E-state index in [1.807, 2.05) is 50.2 Å². The molecule has 0 aromatic heterocycles. The predicted octanol–water partition coefficient (Wildman–Crippen LogP) is 5.06. The predicted molar refractivity (Wildman–Crippen MR) is 123 cm³/mol. The van der Waals surface area contributed by atoms with Gasteiger partial charge in [0.05, 0.1) is 23.2 Å². The molecule has 158 valence electrons. The largest absolute Gasteiger partial charge is 0.507 e. The molecule has 1 unspecified atom stereocenters. The number of rotatable bonds is 4. The monoisotopic (exact) mass is 422 g/mol. The zero-order valence-electron chi connectivity index (χ0n) is 17.9. The van der Waals surface area contributed by atoms with E-state index in [2.05, 4.69) is 6.07 Å². The highest BCUT2D eigenvalue weighted by Crippen LogP contribution is 2.43. The van der Waals surface area contributed by atoms with Gasteiger partial charge in [-0.1, -0.05) is 55.5 Å². The van der Waals surface area contributed by atoms with Crippen LogP contribution in [0.3, 0.4) is 0 Å². The number of ketones is 1. The zero-order valence-corrected chi connectivity index (χ0v) is 17.9. The molecule has 5 nitrogen and oxygen atoms in total. The zero-order chi connectivity index (χ0) is 22.8. The van der Waals surface area contributed by atoms with Crippen molar-refractivity contribution in [1.29, 1.82) is 5.26 Å². The Kier molecular flexibility index (Phi) is 5.61. The molecule has 1 aliphatic heterocycles. The molecule has 1 aliphatic rings. The van der Waals surface area contributed by atoms with Gasteiger partial charge in [0.1, 0.15) is 5.76 Å². The summed E-state index contributed by atoms with van der Waals surface area (Å²) in [5.74, 6) is -1.65. The SMILES string of the molecule is CCc1ccc(/C(O)=C2/C(=O)C(=O)N(c3ccc(C#N)cc3)C2c2ccccc2C)cc1. The van der Waals surface area contributed by atoms with E-state index in [9.17, 15) is 14.7 Å².